The number of nitrogens with zero attached hydrogens (tertiary/aromatic N) is 4. The lowest BCUT2D eigenvalue weighted by Crippen LogP contribution is -1.76. The van der Waals surface area contributed by atoms with E-state index in [-0.39, 0.29) is 0 Å². The molecule has 0 unspecified atom stereocenters. The highest BCUT2D eigenvalue weighted by atomic mass is 32.2. The van der Waals surface area contributed by atoms with E-state index in [0.717, 1.165) is 5.75 Å². The third-order valence-corrected chi connectivity index (χ3v) is 2.63. The van der Waals surface area contributed by atoms with Crippen LogP contribution < -0.4 is 0 Å². The minimum absolute atomic E-state index is 0.408. The molecule has 0 fully saturated rings. The van der Waals surface area contributed by atoms with Crippen molar-refractivity contribution in [1.29, 1.82) is 0 Å². The highest BCUT2D eigenvalue weighted by Gasteiger charge is 2.10. The van der Waals surface area contributed by atoms with Crippen molar-refractivity contribution in [3.05, 3.63) is 18.0 Å². The zero-order valence-corrected chi connectivity index (χ0v) is 8.72. The van der Waals surface area contributed by atoms with Gasteiger partial charge in [0.25, 0.3) is 11.1 Å². The first-order valence-corrected chi connectivity index (χ1v) is 5.57. The highest BCUT2D eigenvalue weighted by molar-refractivity contribution is 7.99. The van der Waals surface area contributed by atoms with Gasteiger partial charge in [-0.15, -0.1) is 21.9 Å². The van der Waals surface area contributed by atoms with Crippen molar-refractivity contribution in [2.24, 2.45) is 0 Å². The zero-order valence-electron chi connectivity index (χ0n) is 7.08. The van der Waals surface area contributed by atoms with Crippen LogP contribution in [0.3, 0.4) is 0 Å². The second-order valence-electron chi connectivity index (χ2n) is 2.26. The van der Waals surface area contributed by atoms with Crippen LogP contribution in [0.1, 0.15) is 0 Å². The summed E-state index contributed by atoms with van der Waals surface area (Å²) in [6.45, 7) is 3.60. The predicted molar refractivity (Wildman–Crippen MR) is 54.1 cm³/mol. The van der Waals surface area contributed by atoms with E-state index in [9.17, 15) is 0 Å². The van der Waals surface area contributed by atoms with E-state index in [1.807, 2.05) is 0 Å². The molecule has 0 aliphatic heterocycles. The number of aromatic nitrogens is 4. The first kappa shape index (κ1) is 9.35. The molecule has 0 saturated carbocycles. The SMILES string of the molecule is C=CCSc1nnc(-c2csnn2)o1. The monoisotopic (exact) mass is 226 g/mol. The van der Waals surface area contributed by atoms with Crippen LogP contribution in [-0.4, -0.2) is 25.5 Å². The van der Waals surface area contributed by atoms with E-state index in [2.05, 4.69) is 26.4 Å². The number of rotatable bonds is 4. The van der Waals surface area contributed by atoms with Gasteiger partial charge in [-0.2, -0.15) is 0 Å². The van der Waals surface area contributed by atoms with Crippen molar-refractivity contribution < 1.29 is 4.42 Å². The van der Waals surface area contributed by atoms with E-state index in [1.54, 1.807) is 11.5 Å². The molecule has 2 aromatic rings. The van der Waals surface area contributed by atoms with Crippen molar-refractivity contribution >= 4 is 23.3 Å². The van der Waals surface area contributed by atoms with E-state index in [4.69, 9.17) is 4.42 Å². The lowest BCUT2D eigenvalue weighted by atomic mass is 10.5. The van der Waals surface area contributed by atoms with Gasteiger partial charge in [-0.25, -0.2) is 0 Å². The van der Waals surface area contributed by atoms with Gasteiger partial charge in [-0.1, -0.05) is 22.3 Å². The summed E-state index contributed by atoms with van der Waals surface area (Å²) in [5, 5.41) is 13.8. The second kappa shape index (κ2) is 4.34. The molecule has 2 heterocycles. The van der Waals surface area contributed by atoms with Crippen LogP contribution in [0.5, 0.6) is 0 Å². The molecule has 0 saturated heterocycles. The van der Waals surface area contributed by atoms with Crippen molar-refractivity contribution in [3.8, 4) is 11.6 Å². The molecule has 0 aliphatic rings. The summed E-state index contributed by atoms with van der Waals surface area (Å²) in [6, 6.07) is 0. The molecule has 2 rings (SSSR count). The zero-order chi connectivity index (χ0) is 9.80. The first-order valence-electron chi connectivity index (χ1n) is 3.75. The molecule has 0 amide bonds. The Bertz CT molecular complexity index is 411. The smallest absolute Gasteiger partial charge is 0.277 e. The molecule has 14 heavy (non-hydrogen) atoms. The summed E-state index contributed by atoms with van der Waals surface area (Å²) >= 11 is 2.69. The minimum Gasteiger partial charge on any atom is -0.409 e. The summed E-state index contributed by atoms with van der Waals surface area (Å²) in [5.74, 6) is 1.15. The maximum absolute atomic E-state index is 5.33. The summed E-state index contributed by atoms with van der Waals surface area (Å²) in [5.41, 5.74) is 0.618. The van der Waals surface area contributed by atoms with Gasteiger partial charge in [0, 0.05) is 11.1 Å². The topological polar surface area (TPSA) is 64.7 Å². The molecule has 0 aliphatic carbocycles. The summed E-state index contributed by atoms with van der Waals surface area (Å²) in [7, 11) is 0. The van der Waals surface area contributed by atoms with Gasteiger partial charge in [0.15, 0.2) is 5.69 Å². The number of thioether (sulfide) groups is 1. The van der Waals surface area contributed by atoms with Crippen LogP contribution in [-0.2, 0) is 0 Å². The Morgan fingerprint density at radius 3 is 3.14 bits per heavy atom. The van der Waals surface area contributed by atoms with Gasteiger partial charge in [0.1, 0.15) is 0 Å². The van der Waals surface area contributed by atoms with Crippen LogP contribution in [0.15, 0.2) is 27.7 Å². The third-order valence-electron chi connectivity index (χ3n) is 1.31. The molecule has 72 valence electrons. The molecule has 7 heteroatoms. The predicted octanol–water partition coefficient (Wildman–Crippen LogP) is 1.87. The van der Waals surface area contributed by atoms with Crippen LogP contribution in [0.4, 0.5) is 0 Å². The Balaban J connectivity index is 2.14. The van der Waals surface area contributed by atoms with E-state index in [1.165, 1.54) is 23.3 Å². The van der Waals surface area contributed by atoms with Crippen LogP contribution in [0.25, 0.3) is 11.6 Å². The van der Waals surface area contributed by atoms with E-state index in [0.29, 0.717) is 16.8 Å². The van der Waals surface area contributed by atoms with Crippen LogP contribution >= 0.6 is 23.3 Å². The number of hydrogen-bond donors (Lipinski definition) is 0. The summed E-state index contributed by atoms with van der Waals surface area (Å²) < 4.78 is 9.04. The Hall–Kier alpha value is -1.21. The van der Waals surface area contributed by atoms with Gasteiger partial charge >= 0.3 is 0 Å². The Morgan fingerprint density at radius 2 is 2.43 bits per heavy atom. The maximum atomic E-state index is 5.33. The van der Waals surface area contributed by atoms with E-state index < -0.39 is 0 Å². The van der Waals surface area contributed by atoms with Crippen molar-refractivity contribution in [1.82, 2.24) is 19.8 Å². The first-order chi connectivity index (χ1) is 6.90. The molecule has 0 radical (unpaired) electrons. The van der Waals surface area contributed by atoms with Crippen molar-refractivity contribution in [3.63, 3.8) is 0 Å². The summed E-state index contributed by atoms with van der Waals surface area (Å²) in [6.07, 6.45) is 1.78. The molecule has 0 spiro atoms. The van der Waals surface area contributed by atoms with Crippen molar-refractivity contribution in [2.45, 2.75) is 5.22 Å². The van der Waals surface area contributed by atoms with Crippen LogP contribution in [0.2, 0.25) is 0 Å². The minimum atomic E-state index is 0.408. The molecule has 0 aromatic carbocycles. The normalized spacial score (nSPS) is 10.3. The standard InChI is InChI=1S/C7H6N4OS2/c1-2-3-13-7-10-9-6(12-7)5-4-14-11-8-5/h2,4H,1,3H2. The van der Waals surface area contributed by atoms with Gasteiger partial charge in [-0.05, 0) is 11.5 Å². The van der Waals surface area contributed by atoms with Gasteiger partial charge in [0.05, 0.1) is 0 Å². The van der Waals surface area contributed by atoms with Crippen LogP contribution in [0, 0.1) is 0 Å². The molecule has 0 atom stereocenters. The molecule has 0 N–H and O–H groups in total. The summed E-state index contributed by atoms with van der Waals surface area (Å²) in [4.78, 5) is 0. The Morgan fingerprint density at radius 1 is 1.50 bits per heavy atom. The second-order valence-corrected chi connectivity index (χ2v) is 3.84. The fraction of sp³-hybridized carbons (Fsp3) is 0.143. The number of hydrogen-bond acceptors (Lipinski definition) is 7. The lowest BCUT2D eigenvalue weighted by Gasteiger charge is -1.86. The van der Waals surface area contributed by atoms with Gasteiger partial charge in [-0.3, -0.25) is 0 Å². The third kappa shape index (κ3) is 1.99. The van der Waals surface area contributed by atoms with Crippen molar-refractivity contribution in [2.75, 3.05) is 5.75 Å². The molecule has 5 nitrogen and oxygen atoms in total. The molecule has 0 bridgehead atoms. The molecular weight excluding hydrogens is 220 g/mol. The largest absolute Gasteiger partial charge is 0.409 e. The Kier molecular flexibility index (Phi) is 2.90. The fourth-order valence-corrected chi connectivity index (χ4v) is 1.69. The Labute approximate surface area is 88.4 Å². The molecular formula is C7H6N4OS2. The molecule has 2 aromatic heterocycles. The lowest BCUT2D eigenvalue weighted by molar-refractivity contribution is 0.465. The maximum Gasteiger partial charge on any atom is 0.277 e. The van der Waals surface area contributed by atoms with Gasteiger partial charge < -0.3 is 4.42 Å². The average Bonchev–Trinajstić information content (AvgIpc) is 2.85. The van der Waals surface area contributed by atoms with Gasteiger partial charge in [0.2, 0.25) is 0 Å². The van der Waals surface area contributed by atoms with E-state index >= 15 is 0 Å². The fourth-order valence-electron chi connectivity index (χ4n) is 0.760. The quantitative estimate of drug-likeness (QED) is 0.585. The average molecular weight is 226 g/mol. The highest BCUT2D eigenvalue weighted by Crippen LogP contribution is 2.21.